The van der Waals surface area contributed by atoms with Gasteiger partial charge in [0.2, 0.25) is 35.4 Å². The normalized spacial score (nSPS) is 18.1. The largest absolute Gasteiger partial charge is 0.466 e. The van der Waals surface area contributed by atoms with Gasteiger partial charge in [0.15, 0.2) is 22.8 Å². The van der Waals surface area contributed by atoms with Crippen molar-refractivity contribution in [3.8, 4) is 34.8 Å². The number of hydrogen-bond acceptors (Lipinski definition) is 15. The van der Waals surface area contributed by atoms with E-state index in [0.29, 0.717) is 0 Å². The number of ether oxygens (including phenoxy) is 1. The summed E-state index contributed by atoms with van der Waals surface area (Å²) in [5.74, 6) is -1.84. The summed E-state index contributed by atoms with van der Waals surface area (Å²) < 4.78 is 27.7. The molecule has 18 heteroatoms. The second kappa shape index (κ2) is 16.3. The smallest absolute Gasteiger partial charge is 0.273 e. The van der Waals surface area contributed by atoms with Gasteiger partial charge in [-0.15, -0.1) is 0 Å². The zero-order valence-corrected chi connectivity index (χ0v) is 30.0. The highest BCUT2D eigenvalue weighted by atomic mass is 16.5. The number of likely N-dealkylation sites (N-methyl/N-ethyl adjacent to an activating group) is 1. The quantitative estimate of drug-likeness (QED) is 0.161. The average molecular weight is 741 g/mol. The Kier molecular flexibility index (Phi) is 11.2. The summed E-state index contributed by atoms with van der Waals surface area (Å²) >= 11 is 0. The number of amides is 3. The Morgan fingerprint density at radius 3 is 1.98 bits per heavy atom. The van der Waals surface area contributed by atoms with Gasteiger partial charge in [-0.25, -0.2) is 19.9 Å². The Morgan fingerprint density at radius 1 is 0.833 bits per heavy atom. The number of carbonyl (C=O) groups is 3. The molecule has 8 bridgehead atoms. The molecule has 2 unspecified atom stereocenters. The van der Waals surface area contributed by atoms with E-state index in [4.69, 9.17) is 28.1 Å². The average Bonchev–Trinajstić information content (AvgIpc) is 3.97. The highest BCUT2D eigenvalue weighted by Gasteiger charge is 2.30. The minimum Gasteiger partial charge on any atom is -0.466 e. The van der Waals surface area contributed by atoms with Crippen LogP contribution < -0.4 is 27.0 Å². The molecule has 6 rings (SSSR count). The van der Waals surface area contributed by atoms with Gasteiger partial charge in [-0.05, 0) is 37.7 Å². The van der Waals surface area contributed by atoms with Gasteiger partial charge in [-0.2, -0.15) is 0 Å². The number of carbonyl (C=O) groups excluding carboxylic acids is 3. The zero-order chi connectivity index (χ0) is 38.4. The number of rotatable bonds is 7. The Bertz CT molecular complexity index is 2140. The maximum Gasteiger partial charge on any atom is 0.273 e. The van der Waals surface area contributed by atoms with Crippen LogP contribution in [0.1, 0.15) is 35.8 Å². The third-order valence-electron chi connectivity index (χ3n) is 8.12. The lowest BCUT2D eigenvalue weighted by molar-refractivity contribution is -0.130. The minimum atomic E-state index is -1.12. The van der Waals surface area contributed by atoms with Crippen molar-refractivity contribution < 1.29 is 36.8 Å². The fourth-order valence-electron chi connectivity index (χ4n) is 5.16. The van der Waals surface area contributed by atoms with Crippen molar-refractivity contribution >= 4 is 29.1 Å². The summed E-state index contributed by atoms with van der Waals surface area (Å²) in [6.45, 7) is 8.87. The van der Waals surface area contributed by atoms with E-state index in [9.17, 15) is 14.4 Å². The molecule has 0 radical (unpaired) electrons. The summed E-state index contributed by atoms with van der Waals surface area (Å²) in [6.07, 6.45) is 6.28. The van der Waals surface area contributed by atoms with Gasteiger partial charge in [0.25, 0.3) is 5.91 Å². The van der Waals surface area contributed by atoms with Crippen LogP contribution in [0.4, 0.5) is 5.69 Å². The third-order valence-corrected chi connectivity index (χ3v) is 8.12. The van der Waals surface area contributed by atoms with Crippen LogP contribution in [0.2, 0.25) is 0 Å². The molecule has 1 aliphatic rings. The van der Waals surface area contributed by atoms with Crippen molar-refractivity contribution in [3.05, 3.63) is 85.1 Å². The predicted octanol–water partition coefficient (Wildman–Crippen LogP) is 3.01. The van der Waals surface area contributed by atoms with Crippen molar-refractivity contribution in [2.24, 2.45) is 11.7 Å². The van der Waals surface area contributed by atoms with Crippen molar-refractivity contribution in [2.45, 2.75) is 32.4 Å². The molecule has 0 fully saturated rings. The first-order valence-electron chi connectivity index (χ1n) is 16.9. The lowest BCUT2D eigenvalue weighted by Gasteiger charge is -2.25. The molecule has 18 nitrogen and oxygen atoms in total. The van der Waals surface area contributed by atoms with E-state index < -0.39 is 29.8 Å². The van der Waals surface area contributed by atoms with Gasteiger partial charge in [0, 0.05) is 25.2 Å². The second-order valence-electron chi connectivity index (χ2n) is 13.0. The van der Waals surface area contributed by atoms with Gasteiger partial charge < -0.3 is 54.3 Å². The van der Waals surface area contributed by atoms with Gasteiger partial charge in [0.1, 0.15) is 54.9 Å². The monoisotopic (exact) mass is 740 g/mol. The number of nitrogens with one attached hydrogen (secondary N) is 4. The van der Waals surface area contributed by atoms with E-state index in [1.807, 2.05) is 38.4 Å². The van der Waals surface area contributed by atoms with Gasteiger partial charge in [0.05, 0.1) is 6.54 Å². The molecule has 5 aromatic rings. The molecule has 0 aliphatic carbocycles. The van der Waals surface area contributed by atoms with E-state index in [1.54, 1.807) is 13.8 Å². The van der Waals surface area contributed by atoms with Crippen molar-refractivity contribution in [1.82, 2.24) is 40.8 Å². The van der Waals surface area contributed by atoms with Crippen molar-refractivity contribution in [2.75, 3.05) is 39.0 Å². The molecule has 282 valence electrons. The number of nitrogens with two attached hydrogens (primary N) is 1. The summed E-state index contributed by atoms with van der Waals surface area (Å²) in [5, 5.41) is 11.6. The first kappa shape index (κ1) is 37.1. The highest BCUT2D eigenvalue weighted by molar-refractivity contribution is 5.97. The number of benzene rings is 1. The van der Waals surface area contributed by atoms with Crippen LogP contribution in [-0.2, 0) is 20.7 Å². The highest BCUT2D eigenvalue weighted by Crippen LogP contribution is 2.27. The minimum absolute atomic E-state index is 0.0122. The van der Waals surface area contributed by atoms with E-state index in [2.05, 4.69) is 52.7 Å². The number of anilines is 1. The van der Waals surface area contributed by atoms with E-state index in [1.165, 1.54) is 18.8 Å². The molecule has 1 aromatic carbocycles. The lowest BCUT2D eigenvalue weighted by atomic mass is 10.0. The van der Waals surface area contributed by atoms with Crippen LogP contribution in [0.15, 0.2) is 85.6 Å². The molecule has 2 atom stereocenters. The second-order valence-corrected chi connectivity index (χ2v) is 13.0. The van der Waals surface area contributed by atoms with E-state index >= 15 is 0 Å². The zero-order valence-electron chi connectivity index (χ0n) is 30.0. The van der Waals surface area contributed by atoms with E-state index in [-0.39, 0.29) is 76.7 Å². The molecule has 4 aromatic heterocycles. The summed E-state index contributed by atoms with van der Waals surface area (Å²) in [6, 6.07) is 5.42. The maximum absolute atomic E-state index is 13.9. The fraction of sp³-hybridized carbons (Fsp3) is 0.306. The first-order valence-corrected chi connectivity index (χ1v) is 16.9. The number of nitrogens with zero attached hydrogens (tertiary/aromatic N) is 5. The molecule has 0 saturated heterocycles. The number of hydrogen-bond donors (Lipinski definition) is 5. The SMILES string of the molecule is C=C1CNC(=O)C(C(C)C)NC(=O)C(Cc2ccc(NCCN(C)C)cc2)NC(=O)c2coc(n2)-c2coc(n2)-c2coc(n2)-c2coc(n2)/C(N)=C/O1. The molecule has 1 aliphatic heterocycles. The summed E-state index contributed by atoms with van der Waals surface area (Å²) in [5.41, 5.74) is 8.29. The molecular weight excluding hydrogens is 700 g/mol. The molecular formula is C36H40N10O8. The molecule has 0 spiro atoms. The number of aromatic nitrogens is 4. The molecule has 5 heterocycles. The van der Waals surface area contributed by atoms with Crippen LogP contribution in [0.5, 0.6) is 0 Å². The van der Waals surface area contributed by atoms with Crippen molar-refractivity contribution in [3.63, 3.8) is 0 Å². The third kappa shape index (κ3) is 9.02. The first-order chi connectivity index (χ1) is 25.9. The van der Waals surface area contributed by atoms with Crippen LogP contribution in [0.3, 0.4) is 0 Å². The molecule has 54 heavy (non-hydrogen) atoms. The maximum atomic E-state index is 13.9. The number of oxazole rings is 4. The molecule has 3 amide bonds. The summed E-state index contributed by atoms with van der Waals surface area (Å²) in [4.78, 5) is 60.2. The molecule has 0 saturated carbocycles. The Balaban J connectivity index is 1.28. The van der Waals surface area contributed by atoms with E-state index in [0.717, 1.165) is 36.9 Å². The lowest BCUT2D eigenvalue weighted by Crippen LogP contribution is -2.56. The fourth-order valence-corrected chi connectivity index (χ4v) is 5.16. The van der Waals surface area contributed by atoms with Crippen LogP contribution in [0.25, 0.3) is 40.5 Å². The standard InChI is InChI=1S/C36H40N10O8/c1-19(2)29-32(49)39-13-20(3)50-14-23(37)33-42-26(16-51-33)35-44-28(18-53-35)36-43-27(17-54-36)34-41-25(15-52-34)31(48)40-24(30(47)45-29)12-21-6-8-22(9-7-21)38-10-11-46(4)5/h6-9,14-19,24,29,38H,3,10-13,37H2,1-2,4-5H3,(H,39,49)(H,40,48)(H,45,47)/b23-14-. The van der Waals surface area contributed by atoms with Crippen LogP contribution >= 0.6 is 0 Å². The Labute approximate surface area is 309 Å². The van der Waals surface area contributed by atoms with Gasteiger partial charge >= 0.3 is 0 Å². The summed E-state index contributed by atoms with van der Waals surface area (Å²) in [7, 11) is 3.99. The number of fused-ring (bicyclic) bond motifs is 11. The van der Waals surface area contributed by atoms with Crippen LogP contribution in [-0.4, -0.2) is 88.4 Å². The van der Waals surface area contributed by atoms with Crippen LogP contribution in [0, 0.1) is 5.92 Å². The predicted molar refractivity (Wildman–Crippen MR) is 194 cm³/mol. The van der Waals surface area contributed by atoms with Gasteiger partial charge in [-0.3, -0.25) is 14.4 Å². The Morgan fingerprint density at radius 2 is 1.39 bits per heavy atom. The van der Waals surface area contributed by atoms with Gasteiger partial charge in [-0.1, -0.05) is 32.6 Å². The van der Waals surface area contributed by atoms with Crippen molar-refractivity contribution in [1.29, 1.82) is 0 Å². The molecule has 6 N–H and O–H groups in total. The Hall–Kier alpha value is -6.69. The topological polar surface area (TPSA) is 242 Å².